The number of carbonyl (C=O) groups is 2. The van der Waals surface area contributed by atoms with Crippen LogP contribution in [0.2, 0.25) is 0 Å². The Morgan fingerprint density at radius 2 is 2.10 bits per heavy atom. The van der Waals surface area contributed by atoms with Crippen molar-refractivity contribution in [2.75, 3.05) is 19.6 Å². The van der Waals surface area contributed by atoms with E-state index in [1.807, 2.05) is 4.57 Å². The maximum Gasteiger partial charge on any atom is 0.320 e. The third-order valence-electron chi connectivity index (χ3n) is 3.95. The average Bonchev–Trinajstić information content (AvgIpc) is 2.94. The third kappa shape index (κ3) is 2.33. The summed E-state index contributed by atoms with van der Waals surface area (Å²) in [6.07, 6.45) is 3.05. The van der Waals surface area contributed by atoms with Crippen LogP contribution in [-0.2, 0) is 17.9 Å². The lowest BCUT2D eigenvalue weighted by molar-refractivity contribution is -0.143. The van der Waals surface area contributed by atoms with E-state index in [2.05, 4.69) is 10.2 Å². The molecule has 3 heterocycles. The number of carboxylic acids is 1. The summed E-state index contributed by atoms with van der Waals surface area (Å²) in [5, 5.41) is 16.9. The number of hydrogen-bond donors (Lipinski definition) is 1. The number of piperidine rings is 1. The molecular formula is C12H17N5O3. The molecule has 20 heavy (non-hydrogen) atoms. The number of carboxylic acid groups (broad SMARTS) is 1. The van der Waals surface area contributed by atoms with Crippen molar-refractivity contribution < 1.29 is 14.7 Å². The molecular weight excluding hydrogens is 262 g/mol. The van der Waals surface area contributed by atoms with E-state index in [-0.39, 0.29) is 6.03 Å². The molecule has 8 nitrogen and oxygen atoms in total. The van der Waals surface area contributed by atoms with Gasteiger partial charge in [-0.25, -0.2) is 4.79 Å². The molecule has 0 aliphatic carbocycles. The fourth-order valence-electron chi connectivity index (χ4n) is 2.78. The van der Waals surface area contributed by atoms with Crippen LogP contribution in [0.1, 0.15) is 18.7 Å². The second kappa shape index (κ2) is 5.10. The summed E-state index contributed by atoms with van der Waals surface area (Å²) in [7, 11) is 0. The first-order valence-electron chi connectivity index (χ1n) is 6.78. The minimum Gasteiger partial charge on any atom is -0.481 e. The van der Waals surface area contributed by atoms with E-state index in [0.717, 1.165) is 12.2 Å². The molecule has 108 valence electrons. The molecule has 2 amide bonds. The summed E-state index contributed by atoms with van der Waals surface area (Å²) in [4.78, 5) is 26.9. The Kier molecular flexibility index (Phi) is 3.29. The quantitative estimate of drug-likeness (QED) is 0.782. The summed E-state index contributed by atoms with van der Waals surface area (Å²) in [6.45, 7) is 2.67. The lowest BCUT2D eigenvalue weighted by Gasteiger charge is -2.36. The van der Waals surface area contributed by atoms with Gasteiger partial charge in [0.15, 0.2) is 5.82 Å². The van der Waals surface area contributed by atoms with Crippen molar-refractivity contribution in [3.8, 4) is 0 Å². The van der Waals surface area contributed by atoms with Crippen LogP contribution in [0.25, 0.3) is 0 Å². The zero-order valence-corrected chi connectivity index (χ0v) is 11.1. The van der Waals surface area contributed by atoms with Gasteiger partial charge in [-0.1, -0.05) is 0 Å². The molecule has 1 N–H and O–H groups in total. The van der Waals surface area contributed by atoms with Gasteiger partial charge in [-0.05, 0) is 12.8 Å². The number of amides is 2. The summed E-state index contributed by atoms with van der Waals surface area (Å²) in [6, 6.07) is -0.0924. The minimum atomic E-state index is -0.819. The van der Waals surface area contributed by atoms with Crippen LogP contribution >= 0.6 is 0 Å². The van der Waals surface area contributed by atoms with Gasteiger partial charge in [0.1, 0.15) is 6.33 Å². The molecule has 2 aliphatic rings. The van der Waals surface area contributed by atoms with Gasteiger partial charge < -0.3 is 19.5 Å². The highest BCUT2D eigenvalue weighted by atomic mass is 16.4. The molecule has 1 aromatic rings. The van der Waals surface area contributed by atoms with Gasteiger partial charge in [-0.15, -0.1) is 10.2 Å². The first-order valence-corrected chi connectivity index (χ1v) is 6.78. The topological polar surface area (TPSA) is 91.6 Å². The van der Waals surface area contributed by atoms with Crippen LogP contribution < -0.4 is 0 Å². The number of urea groups is 1. The van der Waals surface area contributed by atoms with E-state index < -0.39 is 11.9 Å². The Morgan fingerprint density at radius 3 is 2.90 bits per heavy atom. The highest BCUT2D eigenvalue weighted by Gasteiger charge is 2.32. The first kappa shape index (κ1) is 12.9. The Balaban J connectivity index is 1.66. The molecule has 0 aromatic carbocycles. The summed E-state index contributed by atoms with van der Waals surface area (Å²) >= 11 is 0. The van der Waals surface area contributed by atoms with E-state index >= 15 is 0 Å². The van der Waals surface area contributed by atoms with Gasteiger partial charge in [-0.2, -0.15) is 0 Å². The Labute approximate surface area is 116 Å². The van der Waals surface area contributed by atoms with E-state index in [1.165, 1.54) is 0 Å². The SMILES string of the molecule is O=C(O)C1CCCN(C(=O)N2CCn3cnnc3C2)C1. The van der Waals surface area contributed by atoms with Gasteiger partial charge in [0.25, 0.3) is 0 Å². The van der Waals surface area contributed by atoms with Gasteiger partial charge in [0.05, 0.1) is 12.5 Å². The zero-order valence-electron chi connectivity index (χ0n) is 11.1. The van der Waals surface area contributed by atoms with E-state index in [9.17, 15) is 9.59 Å². The van der Waals surface area contributed by atoms with Crippen molar-refractivity contribution >= 4 is 12.0 Å². The number of fused-ring (bicyclic) bond motifs is 1. The Morgan fingerprint density at radius 1 is 1.25 bits per heavy atom. The highest BCUT2D eigenvalue weighted by molar-refractivity contribution is 5.76. The number of aliphatic carboxylic acids is 1. The van der Waals surface area contributed by atoms with Crippen molar-refractivity contribution in [1.82, 2.24) is 24.6 Å². The average molecular weight is 279 g/mol. The van der Waals surface area contributed by atoms with E-state index in [0.29, 0.717) is 39.1 Å². The maximum absolute atomic E-state index is 12.5. The van der Waals surface area contributed by atoms with Gasteiger partial charge in [-0.3, -0.25) is 4.79 Å². The molecule has 2 aliphatic heterocycles. The van der Waals surface area contributed by atoms with Crippen molar-refractivity contribution in [3.63, 3.8) is 0 Å². The largest absolute Gasteiger partial charge is 0.481 e. The number of nitrogens with zero attached hydrogens (tertiary/aromatic N) is 5. The van der Waals surface area contributed by atoms with Crippen LogP contribution in [0.3, 0.4) is 0 Å². The normalized spacial score (nSPS) is 22.5. The van der Waals surface area contributed by atoms with Crippen molar-refractivity contribution in [3.05, 3.63) is 12.2 Å². The standard InChI is InChI=1S/C12H17N5O3/c18-11(19)9-2-1-3-15(6-9)12(20)16-4-5-17-8-13-14-10(17)7-16/h8-9H,1-7H2,(H,18,19). The van der Waals surface area contributed by atoms with Gasteiger partial charge in [0.2, 0.25) is 0 Å². The molecule has 3 rings (SSSR count). The molecule has 8 heteroatoms. The minimum absolute atomic E-state index is 0.0924. The molecule has 0 saturated carbocycles. The molecule has 1 unspecified atom stereocenters. The lowest BCUT2D eigenvalue weighted by Crippen LogP contribution is -2.50. The van der Waals surface area contributed by atoms with Crippen LogP contribution in [0.5, 0.6) is 0 Å². The van der Waals surface area contributed by atoms with Crippen LogP contribution in [-0.4, -0.2) is 61.3 Å². The van der Waals surface area contributed by atoms with Crippen LogP contribution in [0.15, 0.2) is 6.33 Å². The lowest BCUT2D eigenvalue weighted by atomic mass is 9.98. The number of carbonyl (C=O) groups excluding carboxylic acids is 1. The van der Waals surface area contributed by atoms with Gasteiger partial charge in [0, 0.05) is 26.2 Å². The molecule has 0 radical (unpaired) electrons. The van der Waals surface area contributed by atoms with Crippen LogP contribution in [0.4, 0.5) is 4.79 Å². The highest BCUT2D eigenvalue weighted by Crippen LogP contribution is 2.19. The molecule has 0 bridgehead atoms. The Bertz CT molecular complexity index is 529. The van der Waals surface area contributed by atoms with Crippen molar-refractivity contribution in [2.24, 2.45) is 5.92 Å². The zero-order chi connectivity index (χ0) is 14.1. The predicted molar refractivity (Wildman–Crippen MR) is 67.8 cm³/mol. The number of likely N-dealkylation sites (tertiary alicyclic amines) is 1. The second-order valence-electron chi connectivity index (χ2n) is 5.27. The summed E-state index contributed by atoms with van der Waals surface area (Å²) < 4.78 is 1.93. The monoisotopic (exact) mass is 279 g/mol. The summed E-state index contributed by atoms with van der Waals surface area (Å²) in [5.41, 5.74) is 0. The number of hydrogen-bond acceptors (Lipinski definition) is 4. The van der Waals surface area contributed by atoms with Crippen molar-refractivity contribution in [2.45, 2.75) is 25.9 Å². The van der Waals surface area contributed by atoms with E-state index in [1.54, 1.807) is 16.1 Å². The van der Waals surface area contributed by atoms with E-state index in [4.69, 9.17) is 5.11 Å². The van der Waals surface area contributed by atoms with Crippen molar-refractivity contribution in [1.29, 1.82) is 0 Å². The van der Waals surface area contributed by atoms with Gasteiger partial charge >= 0.3 is 12.0 Å². The molecule has 0 spiro atoms. The molecule has 1 fully saturated rings. The first-order chi connectivity index (χ1) is 9.65. The Hall–Kier alpha value is -2.12. The van der Waals surface area contributed by atoms with Crippen LogP contribution in [0, 0.1) is 5.92 Å². The molecule has 1 saturated heterocycles. The fourth-order valence-corrected chi connectivity index (χ4v) is 2.78. The summed E-state index contributed by atoms with van der Waals surface area (Å²) in [5.74, 6) is -0.488. The number of rotatable bonds is 1. The second-order valence-corrected chi connectivity index (χ2v) is 5.27. The predicted octanol–water partition coefficient (Wildman–Crippen LogP) is 0.0103. The third-order valence-corrected chi connectivity index (χ3v) is 3.95. The maximum atomic E-state index is 12.5. The fraction of sp³-hybridized carbons (Fsp3) is 0.667. The smallest absolute Gasteiger partial charge is 0.320 e. The molecule has 1 atom stereocenters. The number of aromatic nitrogens is 3. The molecule has 1 aromatic heterocycles.